The van der Waals surface area contributed by atoms with E-state index in [0.29, 0.717) is 12.3 Å². The third-order valence-corrected chi connectivity index (χ3v) is 12.7. The Morgan fingerprint density at radius 3 is 2.62 bits per heavy atom. The van der Waals surface area contributed by atoms with Crippen molar-refractivity contribution in [3.8, 4) is 11.4 Å². The summed E-state index contributed by atoms with van der Waals surface area (Å²) in [7, 11) is 1.83. The number of hydrogen-bond acceptors (Lipinski definition) is 8. The minimum atomic E-state index is -0.992. The Balaban J connectivity index is 0.843. The van der Waals surface area contributed by atoms with Gasteiger partial charge in [-0.3, -0.25) is 34.2 Å². The highest BCUT2D eigenvalue weighted by atomic mass is 16.5. The molecule has 9 rings (SSSR count). The predicted molar refractivity (Wildman–Crippen MR) is 210 cm³/mol. The lowest BCUT2D eigenvalue weighted by atomic mass is 9.76. The molecule has 3 fully saturated rings. The fraction of sp³-hybridized carbons (Fsp3) is 0.488. The SMILES string of the molecule is CN(C(=O)CCC1CCN(c2ccc3c(c2)C(=O)N(C2CCC(=O)NC2=O)C3=O)C1)c1ccc2cc(-c3nn(C4CCCCO4)c4c3CCC(C)(C)C4)[nH]c2c1. The molecule has 3 saturated heterocycles. The number of anilines is 2. The molecule has 1 aliphatic carbocycles. The monoisotopic (exact) mass is 759 g/mol. The Kier molecular flexibility index (Phi) is 9.10. The third-order valence-electron chi connectivity index (χ3n) is 12.7. The van der Waals surface area contributed by atoms with Crippen molar-refractivity contribution in [3.05, 3.63) is 64.8 Å². The number of hydrogen-bond donors (Lipinski definition) is 2. The van der Waals surface area contributed by atoms with E-state index in [1.54, 1.807) is 17.0 Å². The first-order valence-electron chi connectivity index (χ1n) is 20.2. The molecule has 2 N–H and O–H groups in total. The lowest BCUT2D eigenvalue weighted by Crippen LogP contribution is -2.54. The molecule has 5 aliphatic rings. The zero-order valence-corrected chi connectivity index (χ0v) is 32.4. The molecule has 5 amide bonds. The molecule has 3 unspecified atom stereocenters. The Bertz CT molecular complexity index is 2280. The van der Waals surface area contributed by atoms with Crippen LogP contribution in [-0.2, 0) is 32.0 Å². The number of benzene rings is 2. The minimum Gasteiger partial charge on any atom is -0.371 e. The summed E-state index contributed by atoms with van der Waals surface area (Å²) in [5, 5.41) is 8.52. The van der Waals surface area contributed by atoms with Crippen molar-refractivity contribution in [3.63, 3.8) is 0 Å². The van der Waals surface area contributed by atoms with E-state index in [-0.39, 0.29) is 41.5 Å². The topological polar surface area (TPSA) is 150 Å². The van der Waals surface area contributed by atoms with E-state index in [1.165, 1.54) is 11.3 Å². The highest BCUT2D eigenvalue weighted by Gasteiger charge is 2.45. The molecule has 2 aromatic heterocycles. The second kappa shape index (κ2) is 14.0. The Morgan fingerprint density at radius 1 is 0.982 bits per heavy atom. The van der Waals surface area contributed by atoms with Gasteiger partial charge in [-0.05, 0) is 106 Å². The maximum absolute atomic E-state index is 13.5. The standard InChI is InChI=1S/C43H49N7O6/c1-43(2)17-15-30-35(23-43)50(38-6-4-5-19-56-38)46-39(30)33-20-26-8-9-27(22-32(26)44-33)47(3)37(52)14-7-25-16-18-48(24-25)28-10-11-29-31(21-28)42(55)49(41(29)54)34-12-13-36(51)45-40(34)53/h8-11,20-22,25,34,38,44H,4-7,12-19,23-24H2,1-3H3,(H,45,51,53). The molecular formula is C43H49N7O6. The maximum Gasteiger partial charge on any atom is 0.262 e. The van der Waals surface area contributed by atoms with Crippen LogP contribution in [-0.4, -0.2) is 82.0 Å². The van der Waals surface area contributed by atoms with E-state index in [4.69, 9.17) is 9.84 Å². The van der Waals surface area contributed by atoms with Crippen molar-refractivity contribution in [1.29, 1.82) is 0 Å². The lowest BCUT2D eigenvalue weighted by molar-refractivity contribution is -0.136. The van der Waals surface area contributed by atoms with E-state index in [9.17, 15) is 24.0 Å². The quantitative estimate of drug-likeness (QED) is 0.211. The van der Waals surface area contributed by atoms with Gasteiger partial charge < -0.3 is 19.5 Å². The van der Waals surface area contributed by atoms with Crippen LogP contribution < -0.4 is 15.1 Å². The number of fused-ring (bicyclic) bond motifs is 3. The number of aromatic nitrogens is 3. The second-order valence-electron chi connectivity index (χ2n) is 17.1. The summed E-state index contributed by atoms with van der Waals surface area (Å²) < 4.78 is 8.38. The Hall–Kier alpha value is -5.30. The van der Waals surface area contributed by atoms with E-state index in [2.05, 4.69) is 45.9 Å². The van der Waals surface area contributed by atoms with E-state index in [0.717, 1.165) is 110 Å². The molecule has 0 bridgehead atoms. The van der Waals surface area contributed by atoms with Crippen molar-refractivity contribution in [2.45, 2.75) is 96.7 Å². The first-order chi connectivity index (χ1) is 26.9. The molecule has 292 valence electrons. The van der Waals surface area contributed by atoms with Gasteiger partial charge in [0.15, 0.2) is 0 Å². The van der Waals surface area contributed by atoms with Crippen molar-refractivity contribution in [1.82, 2.24) is 25.0 Å². The number of carbonyl (C=O) groups excluding carboxylic acids is 5. The summed E-state index contributed by atoms with van der Waals surface area (Å²) >= 11 is 0. The molecule has 0 radical (unpaired) electrons. The summed E-state index contributed by atoms with van der Waals surface area (Å²) in [6, 6.07) is 12.5. The van der Waals surface area contributed by atoms with Crippen LogP contribution in [0, 0.1) is 11.3 Å². The summed E-state index contributed by atoms with van der Waals surface area (Å²) in [4.78, 5) is 72.7. The van der Waals surface area contributed by atoms with Crippen LogP contribution in [0.1, 0.15) is 110 Å². The highest BCUT2D eigenvalue weighted by molar-refractivity contribution is 6.23. The second-order valence-corrected chi connectivity index (χ2v) is 17.1. The average molecular weight is 760 g/mol. The van der Waals surface area contributed by atoms with Crippen LogP contribution >= 0.6 is 0 Å². The van der Waals surface area contributed by atoms with Crippen LogP contribution in [0.4, 0.5) is 11.4 Å². The smallest absolute Gasteiger partial charge is 0.262 e. The van der Waals surface area contributed by atoms with Crippen LogP contribution in [0.15, 0.2) is 42.5 Å². The van der Waals surface area contributed by atoms with Gasteiger partial charge in [-0.25, -0.2) is 4.68 Å². The van der Waals surface area contributed by atoms with Crippen molar-refractivity contribution in [2.24, 2.45) is 11.3 Å². The molecule has 4 aliphatic heterocycles. The van der Waals surface area contributed by atoms with Gasteiger partial charge in [0.05, 0.1) is 16.8 Å². The lowest BCUT2D eigenvalue weighted by Gasteiger charge is -2.32. The molecule has 13 heteroatoms. The van der Waals surface area contributed by atoms with Crippen LogP contribution in [0.2, 0.25) is 0 Å². The van der Waals surface area contributed by atoms with Crippen molar-refractivity contribution < 1.29 is 28.7 Å². The first-order valence-corrected chi connectivity index (χ1v) is 20.2. The number of nitrogens with zero attached hydrogens (tertiary/aromatic N) is 5. The molecule has 56 heavy (non-hydrogen) atoms. The van der Waals surface area contributed by atoms with Gasteiger partial charge >= 0.3 is 0 Å². The molecule has 4 aromatic rings. The van der Waals surface area contributed by atoms with Gasteiger partial charge in [-0.2, -0.15) is 5.10 Å². The van der Waals surface area contributed by atoms with Crippen LogP contribution in [0.5, 0.6) is 0 Å². The number of H-pyrrole nitrogens is 1. The first kappa shape index (κ1) is 36.3. The fourth-order valence-electron chi connectivity index (χ4n) is 9.38. The number of nitrogens with one attached hydrogen (secondary N) is 2. The number of aromatic amines is 1. The normalized spacial score (nSPS) is 23.4. The molecule has 2 aromatic carbocycles. The molecule has 13 nitrogen and oxygen atoms in total. The molecular weight excluding hydrogens is 711 g/mol. The number of rotatable bonds is 8. The third kappa shape index (κ3) is 6.49. The van der Waals surface area contributed by atoms with Gasteiger partial charge in [-0.15, -0.1) is 0 Å². The van der Waals surface area contributed by atoms with Crippen LogP contribution in [0.3, 0.4) is 0 Å². The van der Waals surface area contributed by atoms with E-state index in [1.807, 2.05) is 25.2 Å². The predicted octanol–water partition coefficient (Wildman–Crippen LogP) is 5.92. The number of amides is 5. The van der Waals surface area contributed by atoms with Crippen LogP contribution in [0.25, 0.3) is 22.3 Å². The van der Waals surface area contributed by atoms with Gasteiger partial charge in [0.2, 0.25) is 17.7 Å². The summed E-state index contributed by atoms with van der Waals surface area (Å²) in [6.45, 7) is 6.95. The van der Waals surface area contributed by atoms with Gasteiger partial charge in [-0.1, -0.05) is 19.9 Å². The molecule has 0 saturated carbocycles. The zero-order chi connectivity index (χ0) is 38.9. The Morgan fingerprint density at radius 2 is 1.82 bits per heavy atom. The fourth-order valence-corrected chi connectivity index (χ4v) is 9.38. The van der Waals surface area contributed by atoms with Gasteiger partial charge in [0, 0.05) is 73.1 Å². The summed E-state index contributed by atoms with van der Waals surface area (Å²) in [5.74, 6) is -1.70. The number of ether oxygens (including phenoxy) is 1. The Labute approximate surface area is 325 Å². The van der Waals surface area contributed by atoms with Crippen molar-refractivity contribution >= 4 is 51.8 Å². The zero-order valence-electron chi connectivity index (χ0n) is 32.4. The van der Waals surface area contributed by atoms with Gasteiger partial charge in [0.1, 0.15) is 18.0 Å². The average Bonchev–Trinajstić information content (AvgIpc) is 3.97. The number of piperidine rings is 1. The minimum absolute atomic E-state index is 0.0142. The summed E-state index contributed by atoms with van der Waals surface area (Å²) in [6.07, 6.45) is 8.55. The number of carbonyl (C=O) groups is 5. The molecule has 3 atom stereocenters. The molecule has 6 heterocycles. The number of imide groups is 2. The summed E-state index contributed by atoms with van der Waals surface area (Å²) in [5.41, 5.74) is 8.01. The maximum atomic E-state index is 13.5. The van der Waals surface area contributed by atoms with Gasteiger partial charge in [0.25, 0.3) is 11.8 Å². The molecule has 0 spiro atoms. The van der Waals surface area contributed by atoms with E-state index >= 15 is 0 Å². The van der Waals surface area contributed by atoms with Crippen molar-refractivity contribution in [2.75, 3.05) is 36.5 Å². The van der Waals surface area contributed by atoms with E-state index < -0.39 is 29.7 Å². The highest BCUT2D eigenvalue weighted by Crippen LogP contribution is 2.42. The largest absolute Gasteiger partial charge is 0.371 e.